The van der Waals surface area contributed by atoms with Gasteiger partial charge in [0.2, 0.25) is 11.5 Å². The topological polar surface area (TPSA) is 90.9 Å². The van der Waals surface area contributed by atoms with Gasteiger partial charge in [-0.15, -0.1) is 0 Å². The van der Waals surface area contributed by atoms with E-state index in [-0.39, 0.29) is 18.6 Å². The molecule has 1 spiro atoms. The lowest BCUT2D eigenvalue weighted by Gasteiger charge is -2.60. The van der Waals surface area contributed by atoms with Crippen molar-refractivity contribution in [1.82, 2.24) is 0 Å². The van der Waals surface area contributed by atoms with Gasteiger partial charge in [0.15, 0.2) is 23.4 Å². The van der Waals surface area contributed by atoms with E-state index >= 15 is 0 Å². The molecule has 0 radical (unpaired) electrons. The highest BCUT2D eigenvalue weighted by Gasteiger charge is 2.69. The van der Waals surface area contributed by atoms with Gasteiger partial charge in [-0.2, -0.15) is 0 Å². The van der Waals surface area contributed by atoms with Crippen LogP contribution < -0.4 is 14.2 Å². The number of rotatable bonds is 8. The van der Waals surface area contributed by atoms with E-state index in [9.17, 15) is 4.79 Å². The van der Waals surface area contributed by atoms with Crippen LogP contribution in [0.3, 0.4) is 0 Å². The summed E-state index contributed by atoms with van der Waals surface area (Å²) in [6.07, 6.45) is 5.02. The number of carbonyl (C=O) groups excluding carboxylic acids is 1. The van der Waals surface area contributed by atoms with E-state index in [1.54, 1.807) is 12.1 Å². The van der Waals surface area contributed by atoms with E-state index in [1.165, 1.54) is 27.8 Å². The Morgan fingerprint density at radius 1 is 1.00 bits per heavy atom. The number of methoxy groups -OCH3 is 3. The summed E-state index contributed by atoms with van der Waals surface area (Å²) in [6.45, 7) is 6.78. The van der Waals surface area contributed by atoms with Crippen LogP contribution in [0.25, 0.3) is 0 Å². The van der Waals surface area contributed by atoms with Gasteiger partial charge in [0.25, 0.3) is 0 Å². The lowest BCUT2D eigenvalue weighted by molar-refractivity contribution is -0.571. The van der Waals surface area contributed by atoms with Crippen molar-refractivity contribution in [2.75, 3.05) is 27.9 Å². The number of benzene rings is 1. The van der Waals surface area contributed by atoms with Gasteiger partial charge in [-0.1, -0.05) is 13.8 Å². The molecule has 1 unspecified atom stereocenters. The number of ether oxygens (including phenoxy) is 6. The summed E-state index contributed by atoms with van der Waals surface area (Å²) >= 11 is 0. The number of hydrogen-bond donors (Lipinski definition) is 0. The fourth-order valence-corrected chi connectivity index (χ4v) is 7.04. The quantitative estimate of drug-likeness (QED) is 0.270. The summed E-state index contributed by atoms with van der Waals surface area (Å²) in [5.74, 6) is 1.47. The number of hydrogen-bond acceptors (Lipinski definition) is 9. The summed E-state index contributed by atoms with van der Waals surface area (Å²) in [7, 11) is 4.55. The van der Waals surface area contributed by atoms with Crippen molar-refractivity contribution in [2.24, 2.45) is 23.7 Å². The van der Waals surface area contributed by atoms with Crippen molar-refractivity contribution in [3.05, 3.63) is 17.7 Å². The molecular formula is C28H40O9. The molecule has 9 heteroatoms. The van der Waals surface area contributed by atoms with Gasteiger partial charge in [0.1, 0.15) is 0 Å². The maximum absolute atomic E-state index is 12.8. The molecule has 6 rings (SSSR count). The van der Waals surface area contributed by atoms with Crippen LogP contribution in [0.15, 0.2) is 12.1 Å². The fraction of sp³-hybridized carbons (Fsp3) is 0.750. The standard InChI is InChI=1S/C28H40O9/c1-16-9-10-20-17(2)21(34-26-28(20)19(16)11-12-27(3,35-26)36-37-28)8-7-13-33-25(29)18-14-22(30-4)24(32-6)23(15-18)31-5/h14-17,19-21,26H,7-13H2,1-6H3/t16-,17-,19+,20+,21-,26?,27-,28-/m1/s1. The molecule has 206 valence electrons. The maximum atomic E-state index is 12.8. The molecule has 0 aromatic heterocycles. The van der Waals surface area contributed by atoms with E-state index in [4.69, 9.17) is 38.2 Å². The second-order valence-corrected chi connectivity index (χ2v) is 11.1. The van der Waals surface area contributed by atoms with Crippen LogP contribution in [-0.2, 0) is 24.0 Å². The minimum Gasteiger partial charge on any atom is -0.493 e. The van der Waals surface area contributed by atoms with Gasteiger partial charge in [0.05, 0.1) is 39.6 Å². The van der Waals surface area contributed by atoms with Crippen LogP contribution in [0.2, 0.25) is 0 Å². The summed E-state index contributed by atoms with van der Waals surface area (Å²) in [4.78, 5) is 24.9. The van der Waals surface area contributed by atoms with Gasteiger partial charge in [0, 0.05) is 12.3 Å². The molecule has 5 fully saturated rings. The third-order valence-corrected chi connectivity index (χ3v) is 9.06. The molecule has 1 saturated carbocycles. The lowest BCUT2D eigenvalue weighted by atomic mass is 9.57. The molecule has 0 N–H and O–H groups in total. The SMILES string of the molecule is COc1cc(C(=O)OCCC[C@H]2OC3O[C@@]4(C)CC[C@H]5[C@H](C)CC[C@@H]([C@H]2C)[C@@]35OO4)cc(OC)c1OC. The summed E-state index contributed by atoms with van der Waals surface area (Å²) < 4.78 is 34.7. The molecule has 4 saturated heterocycles. The molecule has 9 nitrogen and oxygen atoms in total. The predicted molar refractivity (Wildman–Crippen MR) is 132 cm³/mol. The Bertz CT molecular complexity index is 973. The first-order valence-corrected chi connectivity index (χ1v) is 13.4. The second-order valence-electron chi connectivity index (χ2n) is 11.1. The van der Waals surface area contributed by atoms with Gasteiger partial charge in [-0.3, -0.25) is 0 Å². The molecule has 5 aliphatic rings. The third kappa shape index (κ3) is 4.47. The van der Waals surface area contributed by atoms with Crippen molar-refractivity contribution in [2.45, 2.75) is 83.1 Å². The van der Waals surface area contributed by atoms with Crippen LogP contribution in [0, 0.1) is 23.7 Å². The Morgan fingerprint density at radius 3 is 2.41 bits per heavy atom. The number of fused-ring (bicyclic) bond motifs is 2. The highest BCUT2D eigenvalue weighted by Crippen LogP contribution is 2.60. The summed E-state index contributed by atoms with van der Waals surface area (Å²) in [5, 5.41) is 0. The van der Waals surface area contributed by atoms with Crippen LogP contribution in [-0.4, -0.2) is 57.7 Å². The van der Waals surface area contributed by atoms with Crippen molar-refractivity contribution < 1.29 is 43.0 Å². The molecular weight excluding hydrogens is 480 g/mol. The van der Waals surface area contributed by atoms with Crippen LogP contribution in [0.1, 0.15) is 69.7 Å². The Kier molecular flexibility index (Phi) is 7.35. The molecule has 2 bridgehead atoms. The van der Waals surface area contributed by atoms with Gasteiger partial charge in [-0.25, -0.2) is 14.6 Å². The lowest BCUT2D eigenvalue weighted by Crippen LogP contribution is -2.70. The normalized spacial score (nSPS) is 38.3. The molecule has 4 aliphatic heterocycles. The summed E-state index contributed by atoms with van der Waals surface area (Å²) in [5.41, 5.74) is -0.211. The second kappa shape index (κ2) is 10.2. The van der Waals surface area contributed by atoms with Crippen molar-refractivity contribution in [3.8, 4) is 17.2 Å². The molecule has 0 amide bonds. The minimum atomic E-state index is -0.779. The van der Waals surface area contributed by atoms with E-state index in [0.717, 1.165) is 25.7 Å². The monoisotopic (exact) mass is 520 g/mol. The number of carbonyl (C=O) groups is 1. The zero-order chi connectivity index (χ0) is 26.4. The van der Waals surface area contributed by atoms with Crippen molar-refractivity contribution >= 4 is 5.97 Å². The molecule has 1 aromatic carbocycles. The first kappa shape index (κ1) is 26.5. The van der Waals surface area contributed by atoms with Crippen LogP contribution in [0.5, 0.6) is 17.2 Å². The Morgan fingerprint density at radius 2 is 1.73 bits per heavy atom. The zero-order valence-corrected chi connectivity index (χ0v) is 22.7. The Labute approximate surface area is 218 Å². The largest absolute Gasteiger partial charge is 0.493 e. The Balaban J connectivity index is 1.22. The first-order chi connectivity index (χ1) is 17.8. The highest BCUT2D eigenvalue weighted by atomic mass is 17.3. The zero-order valence-electron chi connectivity index (χ0n) is 22.7. The molecule has 8 atom stereocenters. The average Bonchev–Trinajstić information content (AvgIpc) is 3.13. The van der Waals surface area contributed by atoms with E-state index < -0.39 is 23.6 Å². The van der Waals surface area contributed by atoms with E-state index in [2.05, 4.69) is 13.8 Å². The van der Waals surface area contributed by atoms with Gasteiger partial charge in [-0.05, 0) is 68.9 Å². The first-order valence-electron chi connectivity index (χ1n) is 13.4. The van der Waals surface area contributed by atoms with E-state index in [1.807, 2.05) is 6.92 Å². The molecule has 4 heterocycles. The fourth-order valence-electron chi connectivity index (χ4n) is 7.04. The smallest absolute Gasteiger partial charge is 0.338 e. The number of esters is 1. The van der Waals surface area contributed by atoms with Crippen molar-refractivity contribution in [3.63, 3.8) is 0 Å². The third-order valence-electron chi connectivity index (χ3n) is 9.06. The summed E-state index contributed by atoms with van der Waals surface area (Å²) in [6, 6.07) is 3.19. The van der Waals surface area contributed by atoms with Crippen LogP contribution in [0.4, 0.5) is 0 Å². The molecule has 1 aliphatic carbocycles. The van der Waals surface area contributed by atoms with Gasteiger partial charge >= 0.3 is 5.97 Å². The van der Waals surface area contributed by atoms with E-state index in [0.29, 0.717) is 47.0 Å². The van der Waals surface area contributed by atoms with Gasteiger partial charge < -0.3 is 28.4 Å². The Hall–Kier alpha value is -2.07. The average molecular weight is 521 g/mol. The maximum Gasteiger partial charge on any atom is 0.338 e. The highest BCUT2D eigenvalue weighted by molar-refractivity contribution is 5.91. The molecule has 37 heavy (non-hydrogen) atoms. The minimum absolute atomic E-state index is 0.0129. The van der Waals surface area contributed by atoms with Crippen LogP contribution >= 0.6 is 0 Å². The molecule has 1 aromatic rings. The predicted octanol–water partition coefficient (Wildman–Crippen LogP) is 4.90. The van der Waals surface area contributed by atoms with Crippen molar-refractivity contribution in [1.29, 1.82) is 0 Å².